The minimum absolute atomic E-state index is 0.257. The van der Waals surface area contributed by atoms with E-state index in [1.165, 1.54) is 15.9 Å². The van der Waals surface area contributed by atoms with Crippen molar-refractivity contribution in [2.45, 2.75) is 26.4 Å². The lowest BCUT2D eigenvalue weighted by atomic mass is 10.1. The number of aromatic nitrogens is 3. The molecule has 96 valence electrons. The van der Waals surface area contributed by atoms with E-state index >= 15 is 0 Å². The van der Waals surface area contributed by atoms with Gasteiger partial charge in [0, 0.05) is 13.6 Å². The van der Waals surface area contributed by atoms with Crippen LogP contribution >= 0.6 is 0 Å². The fourth-order valence-corrected chi connectivity index (χ4v) is 1.38. The van der Waals surface area contributed by atoms with E-state index in [0.717, 1.165) is 0 Å². The molecule has 0 saturated carbocycles. The highest BCUT2D eigenvalue weighted by Crippen LogP contribution is 2.07. The van der Waals surface area contributed by atoms with Crippen LogP contribution in [0.25, 0.3) is 0 Å². The third-order valence-corrected chi connectivity index (χ3v) is 2.18. The van der Waals surface area contributed by atoms with Crippen molar-refractivity contribution in [3.63, 3.8) is 0 Å². The summed E-state index contributed by atoms with van der Waals surface area (Å²) in [4.78, 5) is 17.3. The van der Waals surface area contributed by atoms with Gasteiger partial charge in [0.15, 0.2) is 0 Å². The number of nitrogens with zero attached hydrogens (tertiary/aromatic N) is 4. The molecule has 0 unspecified atom stereocenters. The number of aliphatic hydroxyl groups is 1. The standard InChI is InChI=1S/C10H19N5O2/c1-5-15(6-10(2,3)17)9(16)13-8-11-7-12-14(8)4/h7,17H,5-6H2,1-4H3,(H,11,12,13,16). The first-order chi connectivity index (χ1) is 7.83. The lowest BCUT2D eigenvalue weighted by Crippen LogP contribution is -2.44. The summed E-state index contributed by atoms with van der Waals surface area (Å²) in [5.41, 5.74) is -0.923. The Balaban J connectivity index is 2.65. The number of likely N-dealkylation sites (N-methyl/N-ethyl adjacent to an activating group) is 1. The molecule has 0 saturated heterocycles. The first-order valence-electron chi connectivity index (χ1n) is 5.46. The van der Waals surface area contributed by atoms with Gasteiger partial charge in [-0.15, -0.1) is 0 Å². The largest absolute Gasteiger partial charge is 0.389 e. The molecule has 0 fully saturated rings. The smallest absolute Gasteiger partial charge is 0.324 e. The average molecular weight is 241 g/mol. The lowest BCUT2D eigenvalue weighted by Gasteiger charge is -2.27. The third kappa shape index (κ3) is 4.03. The van der Waals surface area contributed by atoms with E-state index in [9.17, 15) is 9.90 Å². The molecular weight excluding hydrogens is 222 g/mol. The molecule has 2 amide bonds. The molecule has 1 aromatic heterocycles. The number of rotatable bonds is 4. The van der Waals surface area contributed by atoms with Crippen LogP contribution in [0.2, 0.25) is 0 Å². The zero-order valence-electron chi connectivity index (χ0n) is 10.6. The second-order valence-electron chi connectivity index (χ2n) is 4.46. The van der Waals surface area contributed by atoms with Gasteiger partial charge in [0.2, 0.25) is 5.95 Å². The maximum Gasteiger partial charge on any atom is 0.324 e. The fourth-order valence-electron chi connectivity index (χ4n) is 1.38. The van der Waals surface area contributed by atoms with Crippen LogP contribution in [0, 0.1) is 0 Å². The van der Waals surface area contributed by atoms with Crippen LogP contribution in [0.15, 0.2) is 6.33 Å². The summed E-state index contributed by atoms with van der Waals surface area (Å²) in [6.07, 6.45) is 1.36. The number of amides is 2. The van der Waals surface area contributed by atoms with E-state index in [1.54, 1.807) is 20.9 Å². The summed E-state index contributed by atoms with van der Waals surface area (Å²) in [5.74, 6) is 0.379. The molecule has 1 rings (SSSR count). The van der Waals surface area contributed by atoms with Gasteiger partial charge >= 0.3 is 6.03 Å². The Bertz CT molecular complexity index is 382. The van der Waals surface area contributed by atoms with Crippen molar-refractivity contribution < 1.29 is 9.90 Å². The summed E-state index contributed by atoms with van der Waals surface area (Å²) in [7, 11) is 1.69. The van der Waals surface area contributed by atoms with Crippen molar-refractivity contribution in [3.8, 4) is 0 Å². The fraction of sp³-hybridized carbons (Fsp3) is 0.700. The maximum atomic E-state index is 11.9. The van der Waals surface area contributed by atoms with Gasteiger partial charge in [-0.2, -0.15) is 10.1 Å². The zero-order chi connectivity index (χ0) is 13.1. The number of hydrogen-bond acceptors (Lipinski definition) is 4. The summed E-state index contributed by atoms with van der Waals surface area (Å²) in [5, 5.41) is 16.2. The van der Waals surface area contributed by atoms with Gasteiger partial charge in [0.25, 0.3) is 0 Å². The van der Waals surface area contributed by atoms with Gasteiger partial charge in [0.1, 0.15) is 6.33 Å². The molecule has 0 aliphatic carbocycles. The summed E-state index contributed by atoms with van der Waals surface area (Å²) in [6, 6.07) is -0.300. The predicted octanol–water partition coefficient (Wildman–Crippen LogP) is 0.440. The maximum absolute atomic E-state index is 11.9. The molecule has 1 aromatic rings. The molecule has 0 atom stereocenters. The van der Waals surface area contributed by atoms with Gasteiger partial charge < -0.3 is 10.0 Å². The average Bonchev–Trinajstić information content (AvgIpc) is 2.59. The quantitative estimate of drug-likeness (QED) is 0.801. The van der Waals surface area contributed by atoms with Gasteiger partial charge in [-0.3, -0.25) is 5.32 Å². The Morgan fingerprint density at radius 1 is 1.65 bits per heavy atom. The topological polar surface area (TPSA) is 83.3 Å². The summed E-state index contributed by atoms with van der Waals surface area (Å²) < 4.78 is 1.47. The van der Waals surface area contributed by atoms with E-state index in [-0.39, 0.29) is 12.6 Å². The third-order valence-electron chi connectivity index (χ3n) is 2.18. The first-order valence-corrected chi connectivity index (χ1v) is 5.46. The highest BCUT2D eigenvalue weighted by molar-refractivity contribution is 5.87. The van der Waals surface area contributed by atoms with Crippen LogP contribution in [0.4, 0.5) is 10.7 Å². The van der Waals surface area contributed by atoms with Crippen molar-refractivity contribution in [2.75, 3.05) is 18.4 Å². The molecule has 7 nitrogen and oxygen atoms in total. The van der Waals surface area contributed by atoms with Crippen molar-refractivity contribution in [3.05, 3.63) is 6.33 Å². The minimum atomic E-state index is -0.923. The Morgan fingerprint density at radius 3 is 2.71 bits per heavy atom. The molecular formula is C10H19N5O2. The van der Waals surface area contributed by atoms with Crippen LogP contribution in [-0.4, -0.2) is 49.5 Å². The Kier molecular flexibility index (Phi) is 4.06. The van der Waals surface area contributed by atoms with E-state index < -0.39 is 5.60 Å². The van der Waals surface area contributed by atoms with Crippen LogP contribution in [-0.2, 0) is 7.05 Å². The number of urea groups is 1. The molecule has 0 aliphatic heterocycles. The number of hydrogen-bond donors (Lipinski definition) is 2. The van der Waals surface area contributed by atoms with Crippen LogP contribution in [0.1, 0.15) is 20.8 Å². The van der Waals surface area contributed by atoms with Gasteiger partial charge in [-0.25, -0.2) is 9.48 Å². The molecule has 0 aliphatic rings. The van der Waals surface area contributed by atoms with E-state index in [4.69, 9.17) is 0 Å². The van der Waals surface area contributed by atoms with Crippen LogP contribution < -0.4 is 5.32 Å². The van der Waals surface area contributed by atoms with Crippen molar-refractivity contribution in [1.29, 1.82) is 0 Å². The Labute approximate surface area is 100 Å². The molecule has 2 N–H and O–H groups in total. The van der Waals surface area contributed by atoms with E-state index in [2.05, 4.69) is 15.4 Å². The van der Waals surface area contributed by atoms with E-state index in [0.29, 0.717) is 12.5 Å². The van der Waals surface area contributed by atoms with E-state index in [1.807, 2.05) is 6.92 Å². The van der Waals surface area contributed by atoms with Crippen LogP contribution in [0.5, 0.6) is 0 Å². The highest BCUT2D eigenvalue weighted by Gasteiger charge is 2.21. The number of nitrogens with one attached hydrogen (secondary N) is 1. The molecule has 0 bridgehead atoms. The lowest BCUT2D eigenvalue weighted by molar-refractivity contribution is 0.0501. The van der Waals surface area contributed by atoms with Crippen LogP contribution in [0.3, 0.4) is 0 Å². The summed E-state index contributed by atoms with van der Waals surface area (Å²) >= 11 is 0. The molecule has 0 aromatic carbocycles. The number of carbonyl (C=O) groups is 1. The SMILES string of the molecule is CCN(CC(C)(C)O)C(=O)Nc1ncnn1C. The normalized spacial score (nSPS) is 11.4. The monoisotopic (exact) mass is 241 g/mol. The number of aryl methyl sites for hydroxylation is 1. The molecule has 17 heavy (non-hydrogen) atoms. The van der Waals surface area contributed by atoms with Gasteiger partial charge in [-0.05, 0) is 20.8 Å². The second-order valence-corrected chi connectivity index (χ2v) is 4.46. The highest BCUT2D eigenvalue weighted by atomic mass is 16.3. The molecule has 7 heteroatoms. The Morgan fingerprint density at radius 2 is 2.29 bits per heavy atom. The predicted molar refractivity (Wildman–Crippen MR) is 63.6 cm³/mol. The van der Waals surface area contributed by atoms with Crippen molar-refractivity contribution >= 4 is 12.0 Å². The summed E-state index contributed by atoms with van der Waals surface area (Å²) in [6.45, 7) is 5.93. The Hall–Kier alpha value is -1.63. The first kappa shape index (κ1) is 13.4. The zero-order valence-corrected chi connectivity index (χ0v) is 10.6. The van der Waals surface area contributed by atoms with Crippen molar-refractivity contribution in [2.24, 2.45) is 7.05 Å². The minimum Gasteiger partial charge on any atom is -0.389 e. The molecule has 1 heterocycles. The van der Waals surface area contributed by atoms with Crippen molar-refractivity contribution in [1.82, 2.24) is 19.7 Å². The van der Waals surface area contributed by atoms with Gasteiger partial charge in [-0.1, -0.05) is 0 Å². The second kappa shape index (κ2) is 5.13. The number of anilines is 1. The molecule has 0 radical (unpaired) electrons. The number of carbonyl (C=O) groups excluding carboxylic acids is 1. The van der Waals surface area contributed by atoms with Gasteiger partial charge in [0.05, 0.1) is 12.1 Å². The molecule has 0 spiro atoms.